The molecule has 1 aromatic carbocycles. The summed E-state index contributed by atoms with van der Waals surface area (Å²) in [6.45, 7) is 1.76. The number of carbonyl (C=O) groups is 1. The minimum absolute atomic E-state index is 0.0528. The summed E-state index contributed by atoms with van der Waals surface area (Å²) in [6.07, 6.45) is 5.39. The molecule has 0 spiro atoms. The van der Waals surface area contributed by atoms with Crippen LogP contribution in [0.25, 0.3) is 0 Å². The molecule has 126 valence electrons. The van der Waals surface area contributed by atoms with Gasteiger partial charge in [-0.2, -0.15) is 0 Å². The molecule has 23 heavy (non-hydrogen) atoms. The van der Waals surface area contributed by atoms with Crippen molar-refractivity contribution in [3.05, 3.63) is 24.3 Å². The average molecular weight is 318 g/mol. The third-order valence-corrected chi connectivity index (χ3v) is 4.74. The quantitative estimate of drug-likeness (QED) is 0.797. The number of hydrogen-bond acceptors (Lipinski definition) is 4. The molecule has 1 aromatic rings. The zero-order valence-corrected chi connectivity index (χ0v) is 13.5. The molecule has 2 aliphatic rings. The Kier molecular flexibility index (Phi) is 5.51. The highest BCUT2D eigenvalue weighted by molar-refractivity contribution is 5.92. The summed E-state index contributed by atoms with van der Waals surface area (Å²) in [5.74, 6) is 0.874. The number of amides is 1. The van der Waals surface area contributed by atoms with Gasteiger partial charge in [0, 0.05) is 12.2 Å². The Morgan fingerprint density at radius 2 is 1.91 bits per heavy atom. The van der Waals surface area contributed by atoms with Gasteiger partial charge in [-0.1, -0.05) is 6.42 Å². The number of piperidine rings is 1. The average Bonchev–Trinajstić information content (AvgIpc) is 2.59. The second kappa shape index (κ2) is 7.79. The lowest BCUT2D eigenvalue weighted by Crippen LogP contribution is -2.37. The number of ether oxygens (including phenoxy) is 1. The van der Waals surface area contributed by atoms with Gasteiger partial charge in [-0.05, 0) is 62.9 Å². The Balaban J connectivity index is 1.53. The first kappa shape index (κ1) is 16.3. The van der Waals surface area contributed by atoms with E-state index < -0.39 is 0 Å². The van der Waals surface area contributed by atoms with Crippen LogP contribution in [0, 0.1) is 5.92 Å². The Bertz CT molecular complexity index is 512. The van der Waals surface area contributed by atoms with E-state index >= 15 is 0 Å². The molecule has 0 radical (unpaired) electrons. The van der Waals surface area contributed by atoms with Crippen LogP contribution in [0.3, 0.4) is 0 Å². The van der Waals surface area contributed by atoms with Gasteiger partial charge in [0.1, 0.15) is 11.9 Å². The molecule has 1 saturated heterocycles. The zero-order chi connectivity index (χ0) is 16.1. The highest BCUT2D eigenvalue weighted by Crippen LogP contribution is 2.25. The van der Waals surface area contributed by atoms with E-state index in [1.807, 2.05) is 24.3 Å². The van der Waals surface area contributed by atoms with Gasteiger partial charge in [-0.25, -0.2) is 0 Å². The molecular formula is C18H26N2O3. The summed E-state index contributed by atoms with van der Waals surface area (Å²) in [7, 11) is 0. The van der Waals surface area contributed by atoms with Gasteiger partial charge in [-0.15, -0.1) is 0 Å². The van der Waals surface area contributed by atoms with Gasteiger partial charge in [0.15, 0.2) is 0 Å². The van der Waals surface area contributed by atoms with Crippen molar-refractivity contribution in [2.75, 3.05) is 18.4 Å². The molecular weight excluding hydrogens is 292 g/mol. The summed E-state index contributed by atoms with van der Waals surface area (Å²) >= 11 is 0. The SMILES string of the molecule is O=C(Nc1ccc(OC2CCCCC2O)cc1)C1CCCNC1. The Hall–Kier alpha value is -1.59. The third-order valence-electron chi connectivity index (χ3n) is 4.74. The van der Waals surface area contributed by atoms with E-state index in [1.165, 1.54) is 0 Å². The summed E-state index contributed by atoms with van der Waals surface area (Å²) in [5, 5.41) is 16.2. The first-order valence-corrected chi connectivity index (χ1v) is 8.69. The molecule has 1 heterocycles. The highest BCUT2D eigenvalue weighted by Gasteiger charge is 2.24. The molecule has 2 fully saturated rings. The molecule has 5 heteroatoms. The van der Waals surface area contributed by atoms with Crippen LogP contribution >= 0.6 is 0 Å². The van der Waals surface area contributed by atoms with Gasteiger partial charge in [-0.3, -0.25) is 4.79 Å². The maximum atomic E-state index is 12.2. The minimum Gasteiger partial charge on any atom is -0.488 e. The molecule has 3 N–H and O–H groups in total. The van der Waals surface area contributed by atoms with Crippen LogP contribution in [0.1, 0.15) is 38.5 Å². The lowest BCUT2D eigenvalue weighted by atomic mass is 9.95. The molecule has 1 amide bonds. The smallest absolute Gasteiger partial charge is 0.228 e. The van der Waals surface area contributed by atoms with Crippen molar-refractivity contribution in [3.63, 3.8) is 0 Å². The second-order valence-electron chi connectivity index (χ2n) is 6.57. The van der Waals surface area contributed by atoms with Crippen LogP contribution in [0.5, 0.6) is 5.75 Å². The van der Waals surface area contributed by atoms with Crippen molar-refractivity contribution < 1.29 is 14.6 Å². The van der Waals surface area contributed by atoms with E-state index in [0.717, 1.165) is 63.1 Å². The molecule has 1 saturated carbocycles. The maximum Gasteiger partial charge on any atom is 0.228 e. The Morgan fingerprint density at radius 3 is 2.61 bits per heavy atom. The topological polar surface area (TPSA) is 70.6 Å². The largest absolute Gasteiger partial charge is 0.488 e. The molecule has 3 rings (SSSR count). The number of benzene rings is 1. The van der Waals surface area contributed by atoms with Crippen molar-refractivity contribution in [2.45, 2.75) is 50.7 Å². The predicted molar refractivity (Wildman–Crippen MR) is 89.6 cm³/mol. The number of aliphatic hydroxyl groups excluding tert-OH is 1. The fourth-order valence-corrected chi connectivity index (χ4v) is 3.33. The Labute approximate surface area is 137 Å². The summed E-state index contributed by atoms with van der Waals surface area (Å²) in [5.41, 5.74) is 0.789. The molecule has 1 aliphatic carbocycles. The van der Waals surface area contributed by atoms with Gasteiger partial charge < -0.3 is 20.5 Å². The van der Waals surface area contributed by atoms with Gasteiger partial charge in [0.05, 0.1) is 12.0 Å². The van der Waals surface area contributed by atoms with E-state index in [2.05, 4.69) is 10.6 Å². The van der Waals surface area contributed by atoms with Crippen LogP contribution in [0.15, 0.2) is 24.3 Å². The van der Waals surface area contributed by atoms with Crippen molar-refractivity contribution >= 4 is 11.6 Å². The normalized spacial score (nSPS) is 28.1. The first-order chi connectivity index (χ1) is 11.2. The number of hydrogen-bond donors (Lipinski definition) is 3. The van der Waals surface area contributed by atoms with E-state index in [0.29, 0.717) is 0 Å². The second-order valence-corrected chi connectivity index (χ2v) is 6.57. The monoisotopic (exact) mass is 318 g/mol. The molecule has 3 atom stereocenters. The molecule has 0 bridgehead atoms. The van der Waals surface area contributed by atoms with Crippen molar-refractivity contribution in [1.82, 2.24) is 5.32 Å². The van der Waals surface area contributed by atoms with Crippen LogP contribution in [0.2, 0.25) is 0 Å². The number of aliphatic hydroxyl groups is 1. The number of rotatable bonds is 4. The van der Waals surface area contributed by atoms with E-state index in [1.54, 1.807) is 0 Å². The van der Waals surface area contributed by atoms with Crippen molar-refractivity contribution in [1.29, 1.82) is 0 Å². The summed E-state index contributed by atoms with van der Waals surface area (Å²) in [4.78, 5) is 12.2. The Morgan fingerprint density at radius 1 is 1.13 bits per heavy atom. The zero-order valence-electron chi connectivity index (χ0n) is 13.5. The van der Waals surface area contributed by atoms with Gasteiger partial charge >= 0.3 is 0 Å². The van der Waals surface area contributed by atoms with E-state index in [-0.39, 0.29) is 24.0 Å². The fourth-order valence-electron chi connectivity index (χ4n) is 3.33. The highest BCUT2D eigenvalue weighted by atomic mass is 16.5. The van der Waals surface area contributed by atoms with Crippen LogP contribution in [-0.4, -0.2) is 36.3 Å². The van der Waals surface area contributed by atoms with E-state index in [4.69, 9.17) is 4.74 Å². The maximum absolute atomic E-state index is 12.2. The standard InChI is InChI=1S/C18H26N2O3/c21-16-5-1-2-6-17(16)23-15-9-7-14(8-10-15)20-18(22)13-4-3-11-19-12-13/h7-10,13,16-17,19,21H,1-6,11-12H2,(H,20,22). The summed E-state index contributed by atoms with van der Waals surface area (Å²) in [6, 6.07) is 7.43. The first-order valence-electron chi connectivity index (χ1n) is 8.69. The van der Waals surface area contributed by atoms with Gasteiger partial charge in [0.2, 0.25) is 5.91 Å². The minimum atomic E-state index is -0.373. The lowest BCUT2D eigenvalue weighted by molar-refractivity contribution is -0.120. The van der Waals surface area contributed by atoms with Gasteiger partial charge in [0.25, 0.3) is 0 Å². The number of anilines is 1. The third kappa shape index (κ3) is 4.45. The van der Waals surface area contributed by atoms with Crippen molar-refractivity contribution in [3.8, 4) is 5.75 Å². The van der Waals surface area contributed by atoms with Crippen molar-refractivity contribution in [2.24, 2.45) is 5.92 Å². The molecule has 0 aromatic heterocycles. The van der Waals surface area contributed by atoms with Crippen LogP contribution in [0.4, 0.5) is 5.69 Å². The number of carbonyl (C=O) groups excluding carboxylic acids is 1. The van der Waals surface area contributed by atoms with Crippen LogP contribution in [-0.2, 0) is 4.79 Å². The molecule has 5 nitrogen and oxygen atoms in total. The van der Waals surface area contributed by atoms with Crippen LogP contribution < -0.4 is 15.4 Å². The lowest BCUT2D eigenvalue weighted by Gasteiger charge is -2.28. The number of nitrogens with one attached hydrogen (secondary N) is 2. The summed E-state index contributed by atoms with van der Waals surface area (Å²) < 4.78 is 5.87. The molecule has 3 unspecified atom stereocenters. The van der Waals surface area contributed by atoms with E-state index in [9.17, 15) is 9.90 Å². The predicted octanol–water partition coefficient (Wildman–Crippen LogP) is 2.31. The fraction of sp³-hybridized carbons (Fsp3) is 0.611. The molecule has 1 aliphatic heterocycles.